The van der Waals surface area contributed by atoms with Gasteiger partial charge in [-0.05, 0) is 42.8 Å². The van der Waals surface area contributed by atoms with Gasteiger partial charge >= 0.3 is 0 Å². The van der Waals surface area contributed by atoms with Crippen LogP contribution in [0.5, 0.6) is 11.5 Å². The lowest BCUT2D eigenvalue weighted by Crippen LogP contribution is -2.13. The number of benzene rings is 2. The molecule has 0 atom stereocenters. The van der Waals surface area contributed by atoms with Gasteiger partial charge in [0.2, 0.25) is 0 Å². The summed E-state index contributed by atoms with van der Waals surface area (Å²) in [6.07, 6.45) is 0. The number of nitrogen functional groups attached to an aromatic ring is 1. The van der Waals surface area contributed by atoms with E-state index in [0.29, 0.717) is 28.4 Å². The second-order valence-electron chi connectivity index (χ2n) is 4.60. The van der Waals surface area contributed by atoms with E-state index in [1.54, 1.807) is 50.6 Å². The summed E-state index contributed by atoms with van der Waals surface area (Å²) in [6, 6.07) is 10.4. The van der Waals surface area contributed by atoms with Crippen molar-refractivity contribution in [3.05, 3.63) is 47.5 Å². The molecule has 0 radical (unpaired) electrons. The van der Waals surface area contributed by atoms with Gasteiger partial charge in [-0.25, -0.2) is 0 Å². The Morgan fingerprint density at radius 1 is 1.05 bits per heavy atom. The summed E-state index contributed by atoms with van der Waals surface area (Å²) in [5.74, 6) is 0.975. The highest BCUT2D eigenvalue weighted by Crippen LogP contribution is 2.30. The Labute approximate surface area is 123 Å². The predicted octanol–water partition coefficient (Wildman–Crippen LogP) is 2.85. The van der Waals surface area contributed by atoms with Gasteiger partial charge in [0.25, 0.3) is 5.91 Å². The van der Waals surface area contributed by atoms with Crippen LogP contribution in [0, 0.1) is 6.92 Å². The van der Waals surface area contributed by atoms with Crippen molar-refractivity contribution in [3.63, 3.8) is 0 Å². The van der Waals surface area contributed by atoms with Crippen LogP contribution < -0.4 is 20.5 Å². The van der Waals surface area contributed by atoms with Crippen molar-refractivity contribution in [1.82, 2.24) is 0 Å². The summed E-state index contributed by atoms with van der Waals surface area (Å²) in [5.41, 5.74) is 8.36. The van der Waals surface area contributed by atoms with Crippen molar-refractivity contribution in [3.8, 4) is 11.5 Å². The molecule has 110 valence electrons. The Morgan fingerprint density at radius 3 is 2.38 bits per heavy atom. The van der Waals surface area contributed by atoms with Crippen LogP contribution in [0.2, 0.25) is 0 Å². The minimum absolute atomic E-state index is 0.195. The third-order valence-corrected chi connectivity index (χ3v) is 3.14. The highest BCUT2D eigenvalue weighted by molar-refractivity contribution is 6.05. The van der Waals surface area contributed by atoms with Gasteiger partial charge in [-0.1, -0.05) is 0 Å². The van der Waals surface area contributed by atoms with Gasteiger partial charge in [-0.15, -0.1) is 0 Å². The van der Waals surface area contributed by atoms with Gasteiger partial charge in [0.05, 0.1) is 14.2 Å². The van der Waals surface area contributed by atoms with Crippen LogP contribution in [0.4, 0.5) is 11.4 Å². The average molecular weight is 286 g/mol. The van der Waals surface area contributed by atoms with Crippen LogP contribution in [0.25, 0.3) is 0 Å². The molecule has 0 unspecified atom stereocenters. The molecule has 0 bridgehead atoms. The Hall–Kier alpha value is -2.69. The fourth-order valence-electron chi connectivity index (χ4n) is 2.05. The van der Waals surface area contributed by atoms with E-state index < -0.39 is 0 Å². The number of hydrogen-bond acceptors (Lipinski definition) is 4. The maximum atomic E-state index is 12.3. The maximum Gasteiger partial charge on any atom is 0.255 e. The Balaban J connectivity index is 2.23. The lowest BCUT2D eigenvalue weighted by atomic mass is 10.1. The fourth-order valence-corrected chi connectivity index (χ4v) is 2.05. The van der Waals surface area contributed by atoms with E-state index in [1.165, 1.54) is 0 Å². The smallest absolute Gasteiger partial charge is 0.255 e. The normalized spacial score (nSPS) is 10.0. The number of carbonyl (C=O) groups is 1. The number of anilines is 2. The molecule has 2 rings (SSSR count). The van der Waals surface area contributed by atoms with Crippen molar-refractivity contribution < 1.29 is 14.3 Å². The minimum atomic E-state index is -0.195. The van der Waals surface area contributed by atoms with Gasteiger partial charge in [0, 0.05) is 23.0 Å². The zero-order chi connectivity index (χ0) is 15.4. The Kier molecular flexibility index (Phi) is 4.33. The molecule has 0 aromatic heterocycles. The summed E-state index contributed by atoms with van der Waals surface area (Å²) in [6.45, 7) is 1.85. The molecule has 2 aromatic carbocycles. The van der Waals surface area contributed by atoms with E-state index in [0.717, 1.165) is 5.56 Å². The van der Waals surface area contributed by atoms with E-state index in [-0.39, 0.29) is 5.91 Å². The van der Waals surface area contributed by atoms with Crippen LogP contribution in [-0.2, 0) is 0 Å². The van der Waals surface area contributed by atoms with E-state index in [9.17, 15) is 4.79 Å². The molecule has 0 fully saturated rings. The van der Waals surface area contributed by atoms with E-state index in [4.69, 9.17) is 15.2 Å². The standard InChI is InChI=1S/C16H18N2O3/c1-10-8-11(17)4-6-13(10)16(19)18-12-5-7-14(20-2)15(9-12)21-3/h4-9H,17H2,1-3H3,(H,18,19). The van der Waals surface area contributed by atoms with Crippen molar-refractivity contribution in [1.29, 1.82) is 0 Å². The van der Waals surface area contributed by atoms with E-state index in [2.05, 4.69) is 5.32 Å². The lowest BCUT2D eigenvalue weighted by Gasteiger charge is -2.11. The summed E-state index contributed by atoms with van der Waals surface area (Å²) in [4.78, 5) is 12.3. The summed E-state index contributed by atoms with van der Waals surface area (Å²) >= 11 is 0. The van der Waals surface area contributed by atoms with Crippen LogP contribution in [0.1, 0.15) is 15.9 Å². The molecule has 0 aliphatic rings. The SMILES string of the molecule is COc1ccc(NC(=O)c2ccc(N)cc2C)cc1OC. The van der Waals surface area contributed by atoms with Crippen molar-refractivity contribution in [2.75, 3.05) is 25.3 Å². The first kappa shape index (κ1) is 14.7. The maximum absolute atomic E-state index is 12.3. The van der Waals surface area contributed by atoms with Gasteiger partial charge in [0.1, 0.15) is 0 Å². The van der Waals surface area contributed by atoms with Gasteiger partial charge in [0.15, 0.2) is 11.5 Å². The highest BCUT2D eigenvalue weighted by Gasteiger charge is 2.11. The molecule has 3 N–H and O–H groups in total. The summed E-state index contributed by atoms with van der Waals surface area (Å²) in [5, 5.41) is 2.83. The summed E-state index contributed by atoms with van der Waals surface area (Å²) < 4.78 is 10.4. The number of nitrogens with one attached hydrogen (secondary N) is 1. The first-order chi connectivity index (χ1) is 10.0. The van der Waals surface area contributed by atoms with Crippen molar-refractivity contribution >= 4 is 17.3 Å². The van der Waals surface area contributed by atoms with Crippen molar-refractivity contribution in [2.45, 2.75) is 6.92 Å². The topological polar surface area (TPSA) is 73.6 Å². The van der Waals surface area contributed by atoms with Gasteiger partial charge in [-0.2, -0.15) is 0 Å². The number of nitrogens with two attached hydrogens (primary N) is 1. The number of carbonyl (C=O) groups excluding carboxylic acids is 1. The molecule has 1 amide bonds. The number of amides is 1. The predicted molar refractivity (Wildman–Crippen MR) is 83.1 cm³/mol. The average Bonchev–Trinajstić information content (AvgIpc) is 2.46. The Morgan fingerprint density at radius 2 is 1.76 bits per heavy atom. The third kappa shape index (κ3) is 3.25. The summed E-state index contributed by atoms with van der Waals surface area (Å²) in [7, 11) is 3.11. The molecule has 5 heteroatoms. The quantitative estimate of drug-likeness (QED) is 0.848. The number of aryl methyl sites for hydroxylation is 1. The van der Waals surface area contributed by atoms with E-state index >= 15 is 0 Å². The molecule has 0 saturated heterocycles. The van der Waals surface area contributed by atoms with Crippen molar-refractivity contribution in [2.24, 2.45) is 0 Å². The molecule has 0 spiro atoms. The first-order valence-corrected chi connectivity index (χ1v) is 6.44. The Bertz CT molecular complexity index is 669. The second kappa shape index (κ2) is 6.17. The molecular weight excluding hydrogens is 268 g/mol. The van der Waals surface area contributed by atoms with Crippen LogP contribution in [-0.4, -0.2) is 20.1 Å². The van der Waals surface area contributed by atoms with Gasteiger partial charge in [-0.3, -0.25) is 4.79 Å². The molecule has 5 nitrogen and oxygen atoms in total. The number of ether oxygens (including phenoxy) is 2. The van der Waals surface area contributed by atoms with E-state index in [1.807, 2.05) is 6.92 Å². The molecule has 0 aliphatic carbocycles. The fraction of sp³-hybridized carbons (Fsp3) is 0.188. The highest BCUT2D eigenvalue weighted by atomic mass is 16.5. The van der Waals surface area contributed by atoms with Gasteiger partial charge < -0.3 is 20.5 Å². The lowest BCUT2D eigenvalue weighted by molar-refractivity contribution is 0.102. The number of methoxy groups -OCH3 is 2. The molecule has 0 aliphatic heterocycles. The third-order valence-electron chi connectivity index (χ3n) is 3.14. The zero-order valence-electron chi connectivity index (χ0n) is 12.3. The van der Waals surface area contributed by atoms with Crippen LogP contribution in [0.15, 0.2) is 36.4 Å². The number of rotatable bonds is 4. The molecule has 2 aromatic rings. The largest absolute Gasteiger partial charge is 0.493 e. The zero-order valence-corrected chi connectivity index (χ0v) is 12.3. The monoisotopic (exact) mass is 286 g/mol. The first-order valence-electron chi connectivity index (χ1n) is 6.44. The second-order valence-corrected chi connectivity index (χ2v) is 4.60. The molecule has 0 saturated carbocycles. The number of hydrogen-bond donors (Lipinski definition) is 2. The van der Waals surface area contributed by atoms with Crippen LogP contribution >= 0.6 is 0 Å². The minimum Gasteiger partial charge on any atom is -0.493 e. The molecule has 21 heavy (non-hydrogen) atoms. The molecular formula is C16H18N2O3. The molecule has 0 heterocycles. The van der Waals surface area contributed by atoms with Crippen LogP contribution in [0.3, 0.4) is 0 Å².